The van der Waals surface area contributed by atoms with Crippen molar-refractivity contribution in [3.05, 3.63) is 77.7 Å². The lowest BCUT2D eigenvalue weighted by atomic mass is 10.1. The van der Waals surface area contributed by atoms with E-state index >= 15 is 0 Å². The number of carbonyl (C=O) groups excluding carboxylic acids is 1. The maximum Gasteiger partial charge on any atom is 0.242 e. The number of nitrogens with one attached hydrogen (secondary N) is 2. The molecule has 0 bridgehead atoms. The Labute approximate surface area is 183 Å². The summed E-state index contributed by atoms with van der Waals surface area (Å²) in [5.41, 5.74) is 3.98. The summed E-state index contributed by atoms with van der Waals surface area (Å²) in [6.45, 7) is 5.84. The monoisotopic (exact) mass is 419 g/mol. The van der Waals surface area contributed by atoms with Crippen molar-refractivity contribution in [1.82, 2.24) is 20.5 Å². The van der Waals surface area contributed by atoms with Gasteiger partial charge in [0.25, 0.3) is 0 Å². The van der Waals surface area contributed by atoms with Crippen LogP contribution in [-0.2, 0) is 17.9 Å². The number of nitrogens with zero attached hydrogens (tertiary/aromatic N) is 3. The van der Waals surface area contributed by atoms with Crippen LogP contribution in [0.15, 0.2) is 70.3 Å². The van der Waals surface area contributed by atoms with Crippen molar-refractivity contribution < 1.29 is 9.21 Å². The van der Waals surface area contributed by atoms with Gasteiger partial charge in [-0.25, -0.2) is 4.98 Å². The maximum atomic E-state index is 12.6. The predicted octanol–water partition coefficient (Wildman–Crippen LogP) is 3.36. The van der Waals surface area contributed by atoms with Crippen LogP contribution in [0.25, 0.3) is 11.5 Å². The third-order valence-electron chi connectivity index (χ3n) is 4.87. The molecule has 0 aliphatic heterocycles. The van der Waals surface area contributed by atoms with Crippen molar-refractivity contribution >= 4 is 11.9 Å². The van der Waals surface area contributed by atoms with Crippen molar-refractivity contribution in [2.24, 2.45) is 4.99 Å². The van der Waals surface area contributed by atoms with E-state index in [2.05, 4.69) is 20.6 Å². The zero-order valence-corrected chi connectivity index (χ0v) is 18.3. The van der Waals surface area contributed by atoms with Gasteiger partial charge in [0.2, 0.25) is 11.8 Å². The number of aromatic nitrogens is 1. The fraction of sp³-hybridized carbons (Fsp3) is 0.292. The van der Waals surface area contributed by atoms with Gasteiger partial charge in [0.1, 0.15) is 6.26 Å². The van der Waals surface area contributed by atoms with Crippen LogP contribution in [0, 0.1) is 6.92 Å². The summed E-state index contributed by atoms with van der Waals surface area (Å²) in [5, 5.41) is 6.24. The third-order valence-corrected chi connectivity index (χ3v) is 4.87. The zero-order valence-electron chi connectivity index (χ0n) is 18.3. The Morgan fingerprint density at radius 3 is 2.52 bits per heavy atom. The van der Waals surface area contributed by atoms with Crippen molar-refractivity contribution in [3.8, 4) is 11.5 Å². The Bertz CT molecular complexity index is 996. The van der Waals surface area contributed by atoms with E-state index in [0.29, 0.717) is 31.5 Å². The van der Waals surface area contributed by atoms with Crippen molar-refractivity contribution in [1.29, 1.82) is 0 Å². The average molecular weight is 420 g/mol. The largest absolute Gasteiger partial charge is 0.444 e. The third kappa shape index (κ3) is 6.44. The molecule has 1 aromatic heterocycles. The van der Waals surface area contributed by atoms with Crippen LogP contribution < -0.4 is 10.6 Å². The molecule has 7 heteroatoms. The molecule has 162 valence electrons. The molecule has 1 heterocycles. The van der Waals surface area contributed by atoms with Gasteiger partial charge in [0.05, 0.1) is 18.8 Å². The zero-order chi connectivity index (χ0) is 22.1. The van der Waals surface area contributed by atoms with Gasteiger partial charge in [-0.3, -0.25) is 9.79 Å². The summed E-state index contributed by atoms with van der Waals surface area (Å²) < 4.78 is 5.59. The molecule has 2 N–H and O–H groups in total. The van der Waals surface area contributed by atoms with Gasteiger partial charge in [0, 0.05) is 25.7 Å². The molecule has 0 aliphatic rings. The summed E-state index contributed by atoms with van der Waals surface area (Å²) in [4.78, 5) is 23.1. The molecule has 0 atom stereocenters. The first-order valence-corrected chi connectivity index (χ1v) is 10.4. The molecule has 0 saturated heterocycles. The highest BCUT2D eigenvalue weighted by Crippen LogP contribution is 2.18. The summed E-state index contributed by atoms with van der Waals surface area (Å²) in [6, 6.07) is 18.0. The van der Waals surface area contributed by atoms with E-state index in [0.717, 1.165) is 16.8 Å². The van der Waals surface area contributed by atoms with Crippen LogP contribution in [0.3, 0.4) is 0 Å². The highest BCUT2D eigenvalue weighted by atomic mass is 16.3. The Balaban J connectivity index is 1.49. The Morgan fingerprint density at radius 1 is 1.10 bits per heavy atom. The second-order valence-corrected chi connectivity index (χ2v) is 7.18. The molecule has 31 heavy (non-hydrogen) atoms. The molecule has 3 aromatic rings. The van der Waals surface area contributed by atoms with Gasteiger partial charge in [-0.15, -0.1) is 0 Å². The first kappa shape index (κ1) is 22.1. The minimum atomic E-state index is 0.0115. The van der Waals surface area contributed by atoms with E-state index in [1.165, 1.54) is 5.56 Å². The number of amides is 1. The molecule has 0 unspecified atom stereocenters. The molecule has 0 aliphatic carbocycles. The summed E-state index contributed by atoms with van der Waals surface area (Å²) >= 11 is 0. The van der Waals surface area contributed by atoms with Gasteiger partial charge in [0.15, 0.2) is 5.96 Å². The standard InChI is InChI=1S/C24H29N5O2/c1-4-29(16-19-8-6-5-7-9-19)22(30)15-27-24(25-3)26-14-21-17-31-23(28-21)20-12-10-18(2)11-13-20/h5-13,17H,4,14-16H2,1-3H3,(H2,25,26,27). The molecule has 0 fully saturated rings. The Hall–Kier alpha value is -3.61. The van der Waals surface area contributed by atoms with Crippen LogP contribution in [0.2, 0.25) is 0 Å². The van der Waals surface area contributed by atoms with Crippen LogP contribution in [0.5, 0.6) is 0 Å². The lowest BCUT2D eigenvalue weighted by Gasteiger charge is -2.22. The summed E-state index contributed by atoms with van der Waals surface area (Å²) in [5.74, 6) is 1.12. The highest BCUT2D eigenvalue weighted by Gasteiger charge is 2.13. The SMILES string of the molecule is CCN(Cc1ccccc1)C(=O)CNC(=NC)NCc1coc(-c2ccc(C)cc2)n1. The lowest BCUT2D eigenvalue weighted by molar-refractivity contribution is -0.130. The van der Waals surface area contributed by atoms with Crippen molar-refractivity contribution in [3.63, 3.8) is 0 Å². The number of aliphatic imine (C=N–C) groups is 1. The maximum absolute atomic E-state index is 12.6. The summed E-state index contributed by atoms with van der Waals surface area (Å²) in [6.07, 6.45) is 1.62. The highest BCUT2D eigenvalue weighted by molar-refractivity contribution is 5.86. The molecule has 3 rings (SSSR count). The Morgan fingerprint density at radius 2 is 1.84 bits per heavy atom. The molecule has 1 amide bonds. The van der Waals surface area contributed by atoms with Crippen molar-refractivity contribution in [2.75, 3.05) is 20.1 Å². The fourth-order valence-electron chi connectivity index (χ4n) is 3.06. The number of oxazole rings is 1. The molecule has 7 nitrogen and oxygen atoms in total. The topological polar surface area (TPSA) is 82.8 Å². The first-order chi connectivity index (χ1) is 15.1. The van der Waals surface area contributed by atoms with E-state index in [9.17, 15) is 4.79 Å². The fourth-order valence-corrected chi connectivity index (χ4v) is 3.06. The normalized spacial score (nSPS) is 11.3. The second-order valence-electron chi connectivity index (χ2n) is 7.18. The summed E-state index contributed by atoms with van der Waals surface area (Å²) in [7, 11) is 1.67. The molecular formula is C24H29N5O2. The average Bonchev–Trinajstić information content (AvgIpc) is 3.27. The lowest BCUT2D eigenvalue weighted by Crippen LogP contribution is -2.44. The van der Waals surface area contributed by atoms with Gasteiger partial charge in [-0.05, 0) is 31.5 Å². The van der Waals surface area contributed by atoms with E-state index in [-0.39, 0.29) is 12.5 Å². The minimum Gasteiger partial charge on any atom is -0.444 e. The van der Waals surface area contributed by atoms with Crippen LogP contribution in [0.4, 0.5) is 0 Å². The molecule has 0 saturated carbocycles. The first-order valence-electron chi connectivity index (χ1n) is 10.4. The van der Waals surface area contributed by atoms with E-state index in [1.54, 1.807) is 18.2 Å². The molecule has 0 radical (unpaired) electrons. The van der Waals surface area contributed by atoms with Crippen LogP contribution in [-0.4, -0.2) is 41.9 Å². The molecule has 2 aromatic carbocycles. The Kier molecular flexibility index (Phi) is 7.81. The van der Waals surface area contributed by atoms with Gasteiger partial charge in [-0.2, -0.15) is 0 Å². The number of benzene rings is 2. The van der Waals surface area contributed by atoms with Crippen LogP contribution >= 0.6 is 0 Å². The van der Waals surface area contributed by atoms with E-state index < -0.39 is 0 Å². The van der Waals surface area contributed by atoms with Gasteiger partial charge in [-0.1, -0.05) is 48.0 Å². The van der Waals surface area contributed by atoms with Gasteiger partial charge >= 0.3 is 0 Å². The number of guanidine groups is 1. The quantitative estimate of drug-likeness (QED) is 0.432. The van der Waals surface area contributed by atoms with E-state index in [1.807, 2.05) is 68.4 Å². The number of carbonyl (C=O) groups is 1. The molecular weight excluding hydrogens is 390 g/mol. The number of aryl methyl sites for hydroxylation is 1. The minimum absolute atomic E-state index is 0.0115. The van der Waals surface area contributed by atoms with E-state index in [4.69, 9.17) is 4.42 Å². The number of likely N-dealkylation sites (N-methyl/N-ethyl adjacent to an activating group) is 1. The second kappa shape index (κ2) is 11.0. The molecule has 0 spiro atoms. The number of hydrogen-bond acceptors (Lipinski definition) is 4. The van der Waals surface area contributed by atoms with Gasteiger partial charge < -0.3 is 20.0 Å². The number of hydrogen-bond donors (Lipinski definition) is 2. The smallest absolute Gasteiger partial charge is 0.242 e. The predicted molar refractivity (Wildman–Crippen MR) is 122 cm³/mol. The number of rotatable bonds is 8. The van der Waals surface area contributed by atoms with Crippen LogP contribution in [0.1, 0.15) is 23.7 Å². The van der Waals surface area contributed by atoms with Crippen molar-refractivity contribution in [2.45, 2.75) is 26.9 Å².